The number of halogens is 3. The number of hydroxylamine groups is 2. The van der Waals surface area contributed by atoms with E-state index in [4.69, 9.17) is 25.5 Å². The Kier molecular flexibility index (Phi) is 9.69. The number of benzene rings is 1. The Morgan fingerprint density at radius 3 is 2.51 bits per heavy atom. The van der Waals surface area contributed by atoms with E-state index in [0.717, 1.165) is 17.9 Å². The largest absolute Gasteiger partial charge is 0.489 e. The van der Waals surface area contributed by atoms with Crippen LogP contribution >= 0.6 is 12.4 Å². The van der Waals surface area contributed by atoms with Crippen LogP contribution in [0.15, 0.2) is 22.6 Å². The molecule has 1 saturated heterocycles. The number of carbonyl (C=O) groups excluding carboxylic acids is 3. The minimum absolute atomic E-state index is 0. The highest BCUT2D eigenvalue weighted by Crippen LogP contribution is 2.37. The van der Waals surface area contributed by atoms with Crippen LogP contribution in [0.25, 0.3) is 11.5 Å². The van der Waals surface area contributed by atoms with Gasteiger partial charge < -0.3 is 35.1 Å². The van der Waals surface area contributed by atoms with Crippen molar-refractivity contribution < 1.29 is 41.9 Å². The minimum Gasteiger partial charge on any atom is -0.489 e. The highest BCUT2D eigenvalue weighted by atomic mass is 35.5. The quantitative estimate of drug-likeness (QED) is 0.431. The van der Waals surface area contributed by atoms with E-state index < -0.39 is 36.5 Å². The van der Waals surface area contributed by atoms with Crippen molar-refractivity contribution >= 4 is 30.2 Å². The molecule has 1 aromatic carbocycles. The predicted octanol–water partition coefficient (Wildman–Crippen LogP) is 2.26. The molecule has 0 radical (unpaired) electrons. The van der Waals surface area contributed by atoms with E-state index in [9.17, 15) is 23.2 Å². The van der Waals surface area contributed by atoms with Gasteiger partial charge in [-0.1, -0.05) is 0 Å². The number of piperazine rings is 1. The molecular formula is C24H30ClF2N5O7. The molecule has 4 rings (SSSR count). The molecule has 2 heterocycles. The Labute approximate surface area is 228 Å². The summed E-state index contributed by atoms with van der Waals surface area (Å²) < 4.78 is 41.9. The predicted molar refractivity (Wildman–Crippen MR) is 134 cm³/mol. The summed E-state index contributed by atoms with van der Waals surface area (Å²) in [7, 11) is 0. The number of primary amides is 1. The van der Waals surface area contributed by atoms with Gasteiger partial charge in [0.1, 0.15) is 6.04 Å². The smallest absolute Gasteiger partial charge is 0.387 e. The van der Waals surface area contributed by atoms with Gasteiger partial charge in [-0.3, -0.25) is 14.4 Å². The molecule has 1 saturated carbocycles. The van der Waals surface area contributed by atoms with Crippen molar-refractivity contribution in [3.63, 3.8) is 0 Å². The Bertz CT molecular complexity index is 1210. The molecule has 39 heavy (non-hydrogen) atoms. The summed E-state index contributed by atoms with van der Waals surface area (Å²) in [6.45, 7) is 0.112. The van der Waals surface area contributed by atoms with Gasteiger partial charge in [-0.2, -0.15) is 8.78 Å². The van der Waals surface area contributed by atoms with E-state index in [-0.39, 0.29) is 60.9 Å². The molecule has 214 valence electrons. The van der Waals surface area contributed by atoms with E-state index in [2.05, 4.69) is 9.72 Å². The maximum atomic E-state index is 13.4. The molecule has 12 nitrogen and oxygen atoms in total. The third kappa shape index (κ3) is 7.34. The average Bonchev–Trinajstić information content (AvgIpc) is 3.57. The van der Waals surface area contributed by atoms with E-state index in [1.54, 1.807) is 6.92 Å². The molecule has 0 spiro atoms. The standard InChI is InChI=1S/C24H29F2N5O7.ClH/c1-12(27)20-19(23(34)30-7-8-31(38-13(2)32)16(10-30)21(28)33)29-22(37-20)15-5-6-17(36-24(25)26)18(9-15)35-11-14-3-4-14;/h5-6,9,12,14,16,24H,3-4,7-8,10-11,27H2,1-2H3,(H2,28,33);1H/t12-,16?;/m0./s1. The zero-order valence-corrected chi connectivity index (χ0v) is 22.1. The van der Waals surface area contributed by atoms with Gasteiger partial charge in [0.15, 0.2) is 23.0 Å². The van der Waals surface area contributed by atoms with Crippen LogP contribution in [-0.4, -0.2) is 71.6 Å². The lowest BCUT2D eigenvalue weighted by Gasteiger charge is -2.37. The number of hydrogen-bond donors (Lipinski definition) is 2. The first-order valence-corrected chi connectivity index (χ1v) is 12.1. The molecule has 4 N–H and O–H groups in total. The summed E-state index contributed by atoms with van der Waals surface area (Å²) in [5, 5.41) is 1.14. The highest BCUT2D eigenvalue weighted by molar-refractivity contribution is 5.94. The summed E-state index contributed by atoms with van der Waals surface area (Å²) in [4.78, 5) is 47.5. The molecule has 15 heteroatoms. The molecule has 1 aliphatic carbocycles. The van der Waals surface area contributed by atoms with Crippen LogP contribution in [0.5, 0.6) is 11.5 Å². The number of oxazole rings is 1. The van der Waals surface area contributed by atoms with Crippen molar-refractivity contribution in [2.24, 2.45) is 17.4 Å². The summed E-state index contributed by atoms with van der Waals surface area (Å²) in [6, 6.07) is 2.43. The number of amides is 2. The zero-order valence-electron chi connectivity index (χ0n) is 21.3. The third-order valence-electron chi connectivity index (χ3n) is 6.04. The molecule has 2 aromatic rings. The first kappa shape index (κ1) is 30.1. The van der Waals surface area contributed by atoms with E-state index in [1.165, 1.54) is 30.0 Å². The maximum absolute atomic E-state index is 13.4. The summed E-state index contributed by atoms with van der Waals surface area (Å²) in [6.07, 6.45) is 2.00. The van der Waals surface area contributed by atoms with Crippen molar-refractivity contribution in [1.29, 1.82) is 0 Å². The number of hydrogen-bond acceptors (Lipinski definition) is 10. The molecule has 0 bridgehead atoms. The van der Waals surface area contributed by atoms with Gasteiger partial charge in [0, 0.05) is 25.6 Å². The van der Waals surface area contributed by atoms with Gasteiger partial charge in [-0.15, -0.1) is 17.5 Å². The fourth-order valence-corrected chi connectivity index (χ4v) is 3.96. The first-order chi connectivity index (χ1) is 18.0. The SMILES string of the molecule is CC(=O)ON1CCN(C(=O)c2nc(-c3ccc(OC(F)F)c(OCC4CC4)c3)oc2[C@H](C)N)CC1C(N)=O.Cl. The lowest BCUT2D eigenvalue weighted by molar-refractivity contribution is -0.207. The van der Waals surface area contributed by atoms with Crippen molar-refractivity contribution in [3.8, 4) is 23.0 Å². The van der Waals surface area contributed by atoms with E-state index in [0.29, 0.717) is 18.1 Å². The van der Waals surface area contributed by atoms with Crippen LogP contribution in [0.4, 0.5) is 8.78 Å². The van der Waals surface area contributed by atoms with Gasteiger partial charge in [0.25, 0.3) is 5.91 Å². The monoisotopic (exact) mass is 573 g/mol. The molecule has 1 aliphatic heterocycles. The fraction of sp³-hybridized carbons (Fsp3) is 0.500. The summed E-state index contributed by atoms with van der Waals surface area (Å²) >= 11 is 0. The summed E-state index contributed by atoms with van der Waals surface area (Å²) in [5.74, 6) is -1.54. The van der Waals surface area contributed by atoms with Gasteiger partial charge in [-0.05, 0) is 43.9 Å². The number of rotatable bonds is 10. The maximum Gasteiger partial charge on any atom is 0.387 e. The van der Waals surface area contributed by atoms with Crippen LogP contribution in [0.1, 0.15) is 49.0 Å². The Hall–Kier alpha value is -3.49. The molecule has 1 unspecified atom stereocenters. The highest BCUT2D eigenvalue weighted by Gasteiger charge is 2.37. The minimum atomic E-state index is -3.04. The number of alkyl halides is 2. The van der Waals surface area contributed by atoms with Crippen molar-refractivity contribution in [2.75, 3.05) is 26.2 Å². The van der Waals surface area contributed by atoms with Crippen LogP contribution in [0.3, 0.4) is 0 Å². The van der Waals surface area contributed by atoms with E-state index >= 15 is 0 Å². The van der Waals surface area contributed by atoms with Gasteiger partial charge in [0.05, 0.1) is 19.2 Å². The van der Waals surface area contributed by atoms with E-state index in [1.807, 2.05) is 0 Å². The van der Waals surface area contributed by atoms with Crippen molar-refractivity contribution in [2.45, 2.75) is 45.4 Å². The summed E-state index contributed by atoms with van der Waals surface area (Å²) in [5.41, 5.74) is 11.8. The number of nitrogens with two attached hydrogens (primary N) is 2. The lowest BCUT2D eigenvalue weighted by atomic mass is 10.1. The lowest BCUT2D eigenvalue weighted by Crippen LogP contribution is -2.59. The molecule has 2 amide bonds. The molecule has 2 aliphatic rings. The topological polar surface area (TPSA) is 163 Å². The number of nitrogens with zero attached hydrogens (tertiary/aromatic N) is 3. The zero-order chi connectivity index (χ0) is 27.6. The molecule has 2 atom stereocenters. The molecular weight excluding hydrogens is 544 g/mol. The second kappa shape index (κ2) is 12.6. The van der Waals surface area contributed by atoms with Gasteiger partial charge >= 0.3 is 12.6 Å². The van der Waals surface area contributed by atoms with Gasteiger partial charge in [-0.25, -0.2) is 4.98 Å². The fourth-order valence-electron chi connectivity index (χ4n) is 3.96. The normalized spacial score (nSPS) is 18.3. The molecule has 1 aromatic heterocycles. The van der Waals surface area contributed by atoms with Crippen LogP contribution in [0.2, 0.25) is 0 Å². The van der Waals surface area contributed by atoms with Crippen LogP contribution < -0.4 is 20.9 Å². The Morgan fingerprint density at radius 1 is 1.21 bits per heavy atom. The third-order valence-corrected chi connectivity index (χ3v) is 6.04. The van der Waals surface area contributed by atoms with Crippen LogP contribution in [-0.2, 0) is 14.4 Å². The first-order valence-electron chi connectivity index (χ1n) is 12.1. The van der Waals surface area contributed by atoms with Crippen molar-refractivity contribution in [3.05, 3.63) is 29.7 Å². The Morgan fingerprint density at radius 2 is 1.92 bits per heavy atom. The number of ether oxygens (including phenoxy) is 2. The number of carbonyl (C=O) groups is 3. The van der Waals surface area contributed by atoms with Gasteiger partial charge in [0.2, 0.25) is 11.8 Å². The molecule has 2 fully saturated rings. The Balaban J connectivity index is 0.00000420. The second-order valence-electron chi connectivity index (χ2n) is 9.21. The average molecular weight is 574 g/mol. The second-order valence-corrected chi connectivity index (χ2v) is 9.21. The van der Waals surface area contributed by atoms with Crippen LogP contribution in [0, 0.1) is 5.92 Å². The van der Waals surface area contributed by atoms with Crippen molar-refractivity contribution in [1.82, 2.24) is 14.9 Å². The number of aromatic nitrogens is 1.